The summed E-state index contributed by atoms with van der Waals surface area (Å²) in [6, 6.07) is 21.1. The summed E-state index contributed by atoms with van der Waals surface area (Å²) in [6.45, 7) is 1.51. The Bertz CT molecular complexity index is 1440. The van der Waals surface area contributed by atoms with Crippen molar-refractivity contribution in [1.82, 2.24) is 10.2 Å². The van der Waals surface area contributed by atoms with Crippen LogP contribution < -0.4 is 19.1 Å². The predicted octanol–water partition coefficient (Wildman–Crippen LogP) is 5.16. The van der Waals surface area contributed by atoms with Crippen LogP contribution in [0.2, 0.25) is 0 Å². The minimum atomic E-state index is -4.15. The molecule has 0 aliphatic heterocycles. The molecule has 0 aromatic heterocycles. The maximum absolute atomic E-state index is 14.2. The summed E-state index contributed by atoms with van der Waals surface area (Å²) >= 11 is 0. The summed E-state index contributed by atoms with van der Waals surface area (Å²) < 4.78 is 39.5. The van der Waals surface area contributed by atoms with E-state index in [1.807, 2.05) is 19.1 Å². The lowest BCUT2D eigenvalue weighted by Gasteiger charge is -2.34. The number of hydrogen-bond donors (Lipinski definition) is 1. The minimum absolute atomic E-state index is 0.0220. The van der Waals surface area contributed by atoms with Gasteiger partial charge in [0.2, 0.25) is 11.8 Å². The van der Waals surface area contributed by atoms with E-state index in [2.05, 4.69) is 5.32 Å². The molecule has 3 aromatic rings. The van der Waals surface area contributed by atoms with Crippen LogP contribution in [0.5, 0.6) is 11.5 Å². The van der Waals surface area contributed by atoms with Gasteiger partial charge in [-0.2, -0.15) is 0 Å². The molecule has 0 heterocycles. The monoisotopic (exact) mass is 607 g/mol. The first-order valence-electron chi connectivity index (χ1n) is 14.7. The number of carbonyl (C=O) groups excluding carboxylic acids is 2. The molecule has 1 atom stereocenters. The van der Waals surface area contributed by atoms with E-state index in [0.717, 1.165) is 42.0 Å². The number of methoxy groups -OCH3 is 2. The Morgan fingerprint density at radius 3 is 2.00 bits per heavy atom. The number of amides is 2. The molecular formula is C33H41N3O6S. The third-order valence-corrected chi connectivity index (χ3v) is 9.61. The largest absolute Gasteiger partial charge is 0.497 e. The van der Waals surface area contributed by atoms with Crippen LogP contribution in [0, 0.1) is 0 Å². The quantitative estimate of drug-likeness (QED) is 0.288. The van der Waals surface area contributed by atoms with Gasteiger partial charge in [0.25, 0.3) is 10.0 Å². The number of carbonyl (C=O) groups is 2. The van der Waals surface area contributed by atoms with E-state index in [9.17, 15) is 18.0 Å². The lowest BCUT2D eigenvalue weighted by molar-refractivity contribution is -0.140. The Hall–Kier alpha value is -4.05. The summed E-state index contributed by atoms with van der Waals surface area (Å²) in [7, 11) is -1.07. The van der Waals surface area contributed by atoms with Crippen LogP contribution in [0.15, 0.2) is 83.8 Å². The Labute approximate surface area is 254 Å². The van der Waals surface area contributed by atoms with Crippen LogP contribution in [0.3, 0.4) is 0 Å². The van der Waals surface area contributed by atoms with Gasteiger partial charge in [0.05, 0.1) is 24.8 Å². The molecule has 43 heavy (non-hydrogen) atoms. The van der Waals surface area contributed by atoms with Gasteiger partial charge in [-0.05, 0) is 73.4 Å². The van der Waals surface area contributed by atoms with Gasteiger partial charge in [-0.1, -0.05) is 56.5 Å². The summed E-state index contributed by atoms with van der Waals surface area (Å²) in [5, 5.41) is 3.16. The van der Waals surface area contributed by atoms with Crippen molar-refractivity contribution in [3.05, 3.63) is 84.4 Å². The molecule has 9 nitrogen and oxygen atoms in total. The molecule has 2 amide bonds. The van der Waals surface area contributed by atoms with Gasteiger partial charge in [-0.25, -0.2) is 8.42 Å². The summed E-state index contributed by atoms with van der Waals surface area (Å²) in [5.74, 6) is 0.481. The van der Waals surface area contributed by atoms with Gasteiger partial charge in [0.1, 0.15) is 24.1 Å². The third-order valence-electron chi connectivity index (χ3n) is 7.82. The van der Waals surface area contributed by atoms with E-state index in [1.165, 1.54) is 24.1 Å². The normalized spacial score (nSPS) is 14.4. The lowest BCUT2D eigenvalue weighted by atomic mass is 9.95. The van der Waals surface area contributed by atoms with Crippen molar-refractivity contribution >= 4 is 27.5 Å². The molecule has 3 aromatic carbocycles. The first kappa shape index (κ1) is 31.9. The van der Waals surface area contributed by atoms with Gasteiger partial charge in [0, 0.05) is 12.6 Å². The highest BCUT2D eigenvalue weighted by Gasteiger charge is 2.34. The fourth-order valence-electron chi connectivity index (χ4n) is 5.39. The fraction of sp³-hybridized carbons (Fsp3) is 0.394. The van der Waals surface area contributed by atoms with E-state index in [-0.39, 0.29) is 23.4 Å². The number of benzene rings is 3. The second kappa shape index (κ2) is 14.9. The van der Waals surface area contributed by atoms with Gasteiger partial charge in [0.15, 0.2) is 0 Å². The molecule has 10 heteroatoms. The van der Waals surface area contributed by atoms with E-state index in [1.54, 1.807) is 61.7 Å². The average molecular weight is 608 g/mol. The predicted molar refractivity (Wildman–Crippen MR) is 167 cm³/mol. The number of sulfonamides is 1. The first-order chi connectivity index (χ1) is 20.8. The van der Waals surface area contributed by atoms with E-state index >= 15 is 0 Å². The topological polar surface area (TPSA) is 105 Å². The zero-order valence-electron chi connectivity index (χ0n) is 25.1. The highest BCUT2D eigenvalue weighted by Crippen LogP contribution is 2.26. The second-order valence-corrected chi connectivity index (χ2v) is 12.5. The maximum Gasteiger partial charge on any atom is 0.264 e. The summed E-state index contributed by atoms with van der Waals surface area (Å²) in [6.07, 6.45) is 5.48. The van der Waals surface area contributed by atoms with Gasteiger partial charge >= 0.3 is 0 Å². The Kier molecular flexibility index (Phi) is 11.1. The molecule has 1 aliphatic carbocycles. The number of nitrogens with one attached hydrogen (secondary N) is 1. The van der Waals surface area contributed by atoms with Crippen LogP contribution in [0.25, 0.3) is 0 Å². The SMILES string of the molecule is CC[C@@H](C(=O)NC1CCCCC1)N(Cc1ccc(OC)cc1)C(=O)CN(c1ccccc1)S(=O)(=O)c1ccc(OC)cc1. The molecule has 0 radical (unpaired) electrons. The summed E-state index contributed by atoms with van der Waals surface area (Å²) in [4.78, 5) is 29.4. The van der Waals surface area contributed by atoms with Crippen molar-refractivity contribution in [2.45, 2.75) is 69.0 Å². The number of anilines is 1. The lowest BCUT2D eigenvalue weighted by Crippen LogP contribution is -2.54. The highest BCUT2D eigenvalue weighted by atomic mass is 32.2. The van der Waals surface area contributed by atoms with E-state index in [4.69, 9.17) is 9.47 Å². The second-order valence-electron chi connectivity index (χ2n) is 10.7. The van der Waals surface area contributed by atoms with Crippen LogP contribution in [-0.4, -0.2) is 58.0 Å². The van der Waals surface area contributed by atoms with Crippen molar-refractivity contribution in [1.29, 1.82) is 0 Å². The number of hydrogen-bond acceptors (Lipinski definition) is 6. The van der Waals surface area contributed by atoms with Gasteiger partial charge in [-0.3, -0.25) is 13.9 Å². The van der Waals surface area contributed by atoms with Gasteiger partial charge < -0.3 is 19.7 Å². The van der Waals surface area contributed by atoms with Gasteiger partial charge in [-0.15, -0.1) is 0 Å². The number of ether oxygens (including phenoxy) is 2. The van der Waals surface area contributed by atoms with Crippen molar-refractivity contribution in [2.75, 3.05) is 25.1 Å². The number of para-hydroxylation sites is 1. The van der Waals surface area contributed by atoms with Crippen molar-refractivity contribution < 1.29 is 27.5 Å². The van der Waals surface area contributed by atoms with E-state index < -0.39 is 28.5 Å². The smallest absolute Gasteiger partial charge is 0.264 e. The molecule has 1 fully saturated rings. The molecule has 1 saturated carbocycles. The van der Waals surface area contributed by atoms with E-state index in [0.29, 0.717) is 23.6 Å². The average Bonchev–Trinajstić information content (AvgIpc) is 3.04. The molecule has 0 unspecified atom stereocenters. The van der Waals surface area contributed by atoms with Crippen LogP contribution >= 0.6 is 0 Å². The Balaban J connectivity index is 1.68. The first-order valence-corrected chi connectivity index (χ1v) is 16.2. The standard InChI is InChI=1S/C33H41N3O6S/c1-4-31(33(38)34-26-11-7-5-8-12-26)35(23-25-15-17-28(41-2)18-16-25)32(37)24-36(27-13-9-6-10-14-27)43(39,40)30-21-19-29(42-3)20-22-30/h6,9-10,13-22,26,31H,4-5,7-8,11-12,23-24H2,1-3H3,(H,34,38)/t31-/m0/s1. The number of rotatable bonds is 13. The Morgan fingerprint density at radius 2 is 1.44 bits per heavy atom. The molecule has 0 saturated heterocycles. The molecule has 1 N–H and O–H groups in total. The minimum Gasteiger partial charge on any atom is -0.497 e. The third kappa shape index (κ3) is 8.07. The number of nitrogens with zero attached hydrogens (tertiary/aromatic N) is 2. The molecule has 0 bridgehead atoms. The summed E-state index contributed by atoms with van der Waals surface area (Å²) in [5.41, 5.74) is 1.14. The van der Waals surface area contributed by atoms with Crippen molar-refractivity contribution in [2.24, 2.45) is 0 Å². The van der Waals surface area contributed by atoms with Crippen molar-refractivity contribution in [3.63, 3.8) is 0 Å². The zero-order valence-corrected chi connectivity index (χ0v) is 25.9. The molecule has 4 rings (SSSR count). The highest BCUT2D eigenvalue weighted by molar-refractivity contribution is 7.92. The molecule has 0 spiro atoms. The van der Waals surface area contributed by atoms with Crippen LogP contribution in [0.4, 0.5) is 5.69 Å². The maximum atomic E-state index is 14.2. The Morgan fingerprint density at radius 1 is 0.860 bits per heavy atom. The fourth-order valence-corrected chi connectivity index (χ4v) is 6.80. The molecule has 1 aliphatic rings. The molecular weight excluding hydrogens is 566 g/mol. The van der Waals surface area contributed by atoms with Crippen LogP contribution in [-0.2, 0) is 26.2 Å². The van der Waals surface area contributed by atoms with Crippen LogP contribution in [0.1, 0.15) is 51.0 Å². The molecule has 230 valence electrons. The zero-order chi connectivity index (χ0) is 30.8. The van der Waals surface area contributed by atoms with Crippen molar-refractivity contribution in [3.8, 4) is 11.5 Å².